The summed E-state index contributed by atoms with van der Waals surface area (Å²) in [4.78, 5) is 6.54. The number of allylic oxidation sites excluding steroid dienone is 1. The van der Waals surface area contributed by atoms with E-state index in [4.69, 9.17) is 10.5 Å². The van der Waals surface area contributed by atoms with E-state index in [2.05, 4.69) is 27.0 Å². The Morgan fingerprint density at radius 3 is 2.68 bits per heavy atom. The number of hydrogen-bond acceptors (Lipinski definition) is 5. The van der Waals surface area contributed by atoms with Gasteiger partial charge in [0.1, 0.15) is 16.5 Å². The van der Waals surface area contributed by atoms with Gasteiger partial charge in [-0.25, -0.2) is 4.98 Å². The summed E-state index contributed by atoms with van der Waals surface area (Å²) in [6.45, 7) is 4.02. The predicted octanol–water partition coefficient (Wildman–Crippen LogP) is 4.89. The van der Waals surface area contributed by atoms with Crippen molar-refractivity contribution in [3.8, 4) is 11.8 Å². The van der Waals surface area contributed by atoms with Crippen molar-refractivity contribution in [2.24, 2.45) is 5.73 Å². The van der Waals surface area contributed by atoms with Crippen molar-refractivity contribution in [3.63, 3.8) is 0 Å². The molecule has 1 aliphatic heterocycles. The number of aryl methyl sites for hydroxylation is 2. The normalized spacial score (nSPS) is 16.5. The fraction of sp³-hybridized carbons (Fsp3) is 0.158. The highest BCUT2D eigenvalue weighted by atomic mass is 79.9. The predicted molar refractivity (Wildman–Crippen MR) is 103 cm³/mol. The lowest BCUT2D eigenvalue weighted by Crippen LogP contribution is -2.19. The molecular formula is C19H14BrN3OS. The number of ether oxygens (including phenoxy) is 1. The highest BCUT2D eigenvalue weighted by Crippen LogP contribution is 2.50. The van der Waals surface area contributed by atoms with E-state index >= 15 is 0 Å². The summed E-state index contributed by atoms with van der Waals surface area (Å²) in [7, 11) is 0. The Kier molecular flexibility index (Phi) is 3.78. The zero-order chi connectivity index (χ0) is 17.7. The third-order valence-electron chi connectivity index (χ3n) is 4.32. The number of pyridine rings is 1. The van der Waals surface area contributed by atoms with Crippen LogP contribution in [0.15, 0.2) is 46.3 Å². The average Bonchev–Trinajstić information content (AvgIpc) is 2.92. The molecule has 1 aromatic carbocycles. The van der Waals surface area contributed by atoms with Gasteiger partial charge in [-0.3, -0.25) is 0 Å². The zero-order valence-corrected chi connectivity index (χ0v) is 16.0. The third kappa shape index (κ3) is 2.51. The lowest BCUT2D eigenvalue weighted by atomic mass is 9.88. The van der Waals surface area contributed by atoms with Gasteiger partial charge in [-0.2, -0.15) is 5.26 Å². The van der Waals surface area contributed by atoms with Crippen LogP contribution < -0.4 is 10.5 Å². The van der Waals surface area contributed by atoms with Crippen LogP contribution in [-0.4, -0.2) is 4.98 Å². The van der Waals surface area contributed by atoms with E-state index < -0.39 is 0 Å². The molecule has 25 heavy (non-hydrogen) atoms. The highest BCUT2D eigenvalue weighted by molar-refractivity contribution is 9.10. The van der Waals surface area contributed by atoms with Crippen LogP contribution in [0, 0.1) is 25.2 Å². The minimum absolute atomic E-state index is 0.169. The second-order valence-corrected chi connectivity index (χ2v) is 7.98. The van der Waals surface area contributed by atoms with E-state index in [0.717, 1.165) is 42.1 Å². The molecule has 0 radical (unpaired) electrons. The van der Waals surface area contributed by atoms with Crippen LogP contribution in [0.4, 0.5) is 0 Å². The molecule has 124 valence electrons. The molecule has 4 rings (SSSR count). The molecule has 0 spiro atoms. The van der Waals surface area contributed by atoms with E-state index in [1.165, 1.54) is 0 Å². The Labute approximate surface area is 157 Å². The van der Waals surface area contributed by atoms with E-state index in [1.54, 1.807) is 11.3 Å². The molecule has 3 heterocycles. The zero-order valence-electron chi connectivity index (χ0n) is 13.6. The molecule has 0 bridgehead atoms. The highest BCUT2D eigenvalue weighted by Gasteiger charge is 2.34. The topological polar surface area (TPSA) is 71.9 Å². The molecule has 0 fully saturated rings. The molecule has 0 amide bonds. The Morgan fingerprint density at radius 2 is 2.00 bits per heavy atom. The van der Waals surface area contributed by atoms with E-state index in [9.17, 15) is 5.26 Å². The van der Waals surface area contributed by atoms with E-state index in [0.29, 0.717) is 5.57 Å². The number of benzene rings is 1. The molecule has 1 atom stereocenters. The van der Waals surface area contributed by atoms with Crippen molar-refractivity contribution in [1.82, 2.24) is 4.98 Å². The van der Waals surface area contributed by atoms with Crippen LogP contribution in [0.1, 0.15) is 27.6 Å². The van der Waals surface area contributed by atoms with E-state index in [1.807, 2.05) is 44.2 Å². The molecule has 6 heteroatoms. The maximum atomic E-state index is 9.66. The molecule has 1 unspecified atom stereocenters. The molecule has 2 aromatic heterocycles. The van der Waals surface area contributed by atoms with Gasteiger partial charge < -0.3 is 10.5 Å². The minimum atomic E-state index is -0.235. The van der Waals surface area contributed by atoms with Crippen LogP contribution in [0.25, 0.3) is 10.2 Å². The number of halogens is 1. The number of nitriles is 1. The lowest BCUT2D eigenvalue weighted by molar-refractivity contribution is 0.401. The first-order chi connectivity index (χ1) is 12.0. The summed E-state index contributed by atoms with van der Waals surface area (Å²) in [6.07, 6.45) is 0. The van der Waals surface area contributed by atoms with Crippen LogP contribution in [0.2, 0.25) is 0 Å². The largest absolute Gasteiger partial charge is 0.439 e. The summed E-state index contributed by atoms with van der Waals surface area (Å²) in [5.74, 6) is 0.665. The monoisotopic (exact) mass is 411 g/mol. The fourth-order valence-corrected chi connectivity index (χ4v) is 4.88. The number of aromatic nitrogens is 1. The Bertz CT molecular complexity index is 1080. The quantitative estimate of drug-likeness (QED) is 0.618. The van der Waals surface area contributed by atoms with Crippen molar-refractivity contribution in [2.75, 3.05) is 0 Å². The SMILES string of the molecule is Cc1cc(C)c2c3c(sc2n1)C(c1ccc(Br)cc1)C(C#N)=C(N)O3. The Hall–Kier alpha value is -2.36. The maximum absolute atomic E-state index is 9.66. The van der Waals surface area contributed by atoms with Crippen molar-refractivity contribution in [2.45, 2.75) is 19.8 Å². The van der Waals surface area contributed by atoms with Gasteiger partial charge in [0.2, 0.25) is 5.88 Å². The summed E-state index contributed by atoms with van der Waals surface area (Å²) in [5, 5.41) is 10.6. The Morgan fingerprint density at radius 1 is 1.28 bits per heavy atom. The molecule has 2 N–H and O–H groups in total. The van der Waals surface area contributed by atoms with Gasteiger partial charge in [-0.15, -0.1) is 11.3 Å². The Balaban J connectivity index is 2.02. The van der Waals surface area contributed by atoms with Crippen molar-refractivity contribution >= 4 is 37.5 Å². The number of hydrogen-bond donors (Lipinski definition) is 1. The summed E-state index contributed by atoms with van der Waals surface area (Å²) < 4.78 is 6.87. The van der Waals surface area contributed by atoms with Crippen LogP contribution in [-0.2, 0) is 0 Å². The van der Waals surface area contributed by atoms with Gasteiger partial charge in [-0.05, 0) is 43.2 Å². The van der Waals surface area contributed by atoms with Crippen molar-refractivity contribution in [1.29, 1.82) is 5.26 Å². The smallest absolute Gasteiger partial charge is 0.205 e. The molecule has 0 aliphatic carbocycles. The van der Waals surface area contributed by atoms with Gasteiger partial charge in [0.25, 0.3) is 0 Å². The van der Waals surface area contributed by atoms with Crippen molar-refractivity contribution < 1.29 is 4.74 Å². The summed E-state index contributed by atoms with van der Waals surface area (Å²) >= 11 is 5.02. The first-order valence-electron chi connectivity index (χ1n) is 7.73. The minimum Gasteiger partial charge on any atom is -0.439 e. The van der Waals surface area contributed by atoms with Crippen molar-refractivity contribution in [3.05, 3.63) is 68.0 Å². The molecule has 0 saturated carbocycles. The summed E-state index contributed by atoms with van der Waals surface area (Å²) in [5.41, 5.74) is 9.61. The standard InChI is InChI=1S/C19H14BrN3OS/c1-9-7-10(2)23-19-14(9)16-17(25-19)15(13(8-21)18(22)24-16)11-3-5-12(20)6-4-11/h3-7,15H,22H2,1-2H3. The van der Waals surface area contributed by atoms with Crippen LogP contribution in [0.5, 0.6) is 5.75 Å². The average molecular weight is 412 g/mol. The first-order valence-corrected chi connectivity index (χ1v) is 9.34. The molecule has 4 nitrogen and oxygen atoms in total. The van der Waals surface area contributed by atoms with Gasteiger partial charge in [0.15, 0.2) is 5.75 Å². The lowest BCUT2D eigenvalue weighted by Gasteiger charge is -2.24. The van der Waals surface area contributed by atoms with Gasteiger partial charge in [0.05, 0.1) is 16.2 Å². The molecule has 3 aromatic rings. The number of nitrogens with zero attached hydrogens (tertiary/aromatic N) is 2. The molecule has 1 aliphatic rings. The number of fused-ring (bicyclic) bond motifs is 3. The first kappa shape index (κ1) is 16.1. The van der Waals surface area contributed by atoms with Gasteiger partial charge >= 0.3 is 0 Å². The number of rotatable bonds is 1. The maximum Gasteiger partial charge on any atom is 0.205 e. The second-order valence-electron chi connectivity index (χ2n) is 6.03. The number of thiophene rings is 1. The second kappa shape index (κ2) is 5.87. The molecule has 0 saturated heterocycles. The van der Waals surface area contributed by atoms with Crippen LogP contribution >= 0.6 is 27.3 Å². The summed E-state index contributed by atoms with van der Waals surface area (Å²) in [6, 6.07) is 12.2. The fourth-order valence-electron chi connectivity index (χ4n) is 3.25. The van der Waals surface area contributed by atoms with Gasteiger partial charge in [0, 0.05) is 10.2 Å². The number of nitrogens with two attached hydrogens (primary N) is 1. The van der Waals surface area contributed by atoms with Gasteiger partial charge in [-0.1, -0.05) is 28.1 Å². The molecular weight excluding hydrogens is 398 g/mol. The van der Waals surface area contributed by atoms with E-state index in [-0.39, 0.29) is 11.8 Å². The van der Waals surface area contributed by atoms with Crippen LogP contribution in [0.3, 0.4) is 0 Å². The third-order valence-corrected chi connectivity index (χ3v) is 5.98.